The monoisotopic (exact) mass is 852 g/mol. The van der Waals surface area contributed by atoms with Gasteiger partial charge in [-0.15, -0.1) is 0 Å². The number of carbonyl (C=O) groups is 6. The van der Waals surface area contributed by atoms with Crippen molar-refractivity contribution >= 4 is 46.9 Å². The Morgan fingerprint density at radius 1 is 0.869 bits per heavy atom. The van der Waals surface area contributed by atoms with Crippen LogP contribution in [0.2, 0.25) is 5.02 Å². The Kier molecular flexibility index (Phi) is 14.1. The first kappa shape index (κ1) is 44.3. The first-order chi connectivity index (χ1) is 29.1. The van der Waals surface area contributed by atoms with Crippen LogP contribution in [-0.2, 0) is 35.1 Å². The first-order valence-corrected chi connectivity index (χ1v) is 20.4. The summed E-state index contributed by atoms with van der Waals surface area (Å²) in [6, 6.07) is 16.8. The van der Waals surface area contributed by atoms with Crippen molar-refractivity contribution in [2.75, 3.05) is 20.2 Å². The molecular weight excluding hydrogens is 804 g/mol. The zero-order valence-electron chi connectivity index (χ0n) is 33.9. The summed E-state index contributed by atoms with van der Waals surface area (Å²) in [5.41, 5.74) is 8.78. The molecule has 2 heterocycles. The zero-order valence-corrected chi connectivity index (χ0v) is 34.7. The minimum atomic E-state index is -1.43. The van der Waals surface area contributed by atoms with E-state index < -0.39 is 65.8 Å². The third-order valence-corrected chi connectivity index (χ3v) is 11.1. The number of phenolic OH excluding ortho intramolecular Hbond substituents is 2. The maximum Gasteiger partial charge on any atom is 0.251 e. The van der Waals surface area contributed by atoms with Gasteiger partial charge in [-0.1, -0.05) is 48.0 Å². The number of amides is 5. The number of benzene rings is 4. The molecule has 0 radical (unpaired) electrons. The van der Waals surface area contributed by atoms with Gasteiger partial charge >= 0.3 is 0 Å². The van der Waals surface area contributed by atoms with Crippen LogP contribution in [0.1, 0.15) is 60.6 Å². The Labute approximate surface area is 358 Å². The van der Waals surface area contributed by atoms with Crippen LogP contribution < -0.4 is 27.0 Å². The van der Waals surface area contributed by atoms with Gasteiger partial charge in [-0.3, -0.25) is 28.8 Å². The molecule has 320 valence electrons. The Bertz CT molecular complexity index is 2300. The van der Waals surface area contributed by atoms with E-state index >= 15 is 0 Å². The smallest absolute Gasteiger partial charge is 0.251 e. The van der Waals surface area contributed by atoms with Crippen molar-refractivity contribution in [3.8, 4) is 33.8 Å². The Morgan fingerprint density at radius 2 is 1.49 bits per heavy atom. The molecule has 15 nitrogen and oxygen atoms in total. The van der Waals surface area contributed by atoms with Gasteiger partial charge in [0.15, 0.2) is 5.78 Å². The summed E-state index contributed by atoms with van der Waals surface area (Å²) >= 11 is 6.04. The van der Waals surface area contributed by atoms with Gasteiger partial charge in [0, 0.05) is 35.2 Å². The highest BCUT2D eigenvalue weighted by Gasteiger charge is 2.38. The minimum Gasteiger partial charge on any atom is -0.507 e. The molecule has 2 aliphatic heterocycles. The summed E-state index contributed by atoms with van der Waals surface area (Å²) in [5.74, 6) is -4.17. The van der Waals surface area contributed by atoms with E-state index in [1.54, 1.807) is 42.5 Å². The first-order valence-electron chi connectivity index (χ1n) is 20.0. The van der Waals surface area contributed by atoms with E-state index in [1.165, 1.54) is 51.2 Å². The number of aromatic hydroxyl groups is 2. The molecule has 4 aromatic carbocycles. The second-order valence-electron chi connectivity index (χ2n) is 15.3. The van der Waals surface area contributed by atoms with Crippen molar-refractivity contribution in [1.29, 1.82) is 0 Å². The van der Waals surface area contributed by atoms with Gasteiger partial charge in [0.2, 0.25) is 23.6 Å². The fraction of sp³-hybridized carbons (Fsp3) is 0.333. The molecule has 5 amide bonds. The Morgan fingerprint density at radius 3 is 2.13 bits per heavy atom. The van der Waals surface area contributed by atoms with Crippen LogP contribution in [0.3, 0.4) is 0 Å². The maximum absolute atomic E-state index is 14.5. The van der Waals surface area contributed by atoms with Gasteiger partial charge in [0.1, 0.15) is 41.8 Å². The summed E-state index contributed by atoms with van der Waals surface area (Å²) in [7, 11) is 1.39. The third-order valence-electron chi connectivity index (χ3n) is 10.8. The number of epoxide rings is 1. The highest BCUT2D eigenvalue weighted by atomic mass is 35.5. The Balaban J connectivity index is 1.31. The average molecular weight is 853 g/mol. The number of nitrogens with one attached hydrogen (secondary N) is 4. The van der Waals surface area contributed by atoms with E-state index in [4.69, 9.17) is 22.1 Å². The summed E-state index contributed by atoms with van der Waals surface area (Å²) in [6.45, 7) is 3.53. The van der Waals surface area contributed by atoms with Crippen LogP contribution in [0.5, 0.6) is 11.5 Å². The highest BCUT2D eigenvalue weighted by Crippen LogP contribution is 2.39. The number of ether oxygens (including phenoxy) is 1. The number of unbranched alkanes of at least 4 members (excludes halogenated alkanes) is 1. The quantitative estimate of drug-likeness (QED) is 0.0764. The predicted octanol–water partition coefficient (Wildman–Crippen LogP) is 3.53. The van der Waals surface area contributed by atoms with E-state index in [9.17, 15) is 39.0 Å². The molecule has 1 fully saturated rings. The fourth-order valence-corrected chi connectivity index (χ4v) is 7.34. The highest BCUT2D eigenvalue weighted by molar-refractivity contribution is 6.30. The number of rotatable bonds is 13. The van der Waals surface area contributed by atoms with Crippen molar-refractivity contribution in [2.45, 2.75) is 75.8 Å². The molecule has 8 N–H and O–H groups in total. The van der Waals surface area contributed by atoms with Gasteiger partial charge < -0.3 is 46.9 Å². The van der Waals surface area contributed by atoms with Gasteiger partial charge in [0.05, 0.1) is 12.6 Å². The number of ketones is 1. The number of nitrogens with two attached hydrogens (primary N) is 1. The van der Waals surface area contributed by atoms with Crippen molar-refractivity contribution in [3.63, 3.8) is 0 Å². The summed E-state index contributed by atoms with van der Waals surface area (Å²) in [6.07, 6.45) is 0.519. The molecule has 0 spiro atoms. The van der Waals surface area contributed by atoms with E-state index in [0.29, 0.717) is 35.5 Å². The van der Waals surface area contributed by atoms with Crippen molar-refractivity contribution in [1.82, 2.24) is 26.2 Å². The largest absolute Gasteiger partial charge is 0.507 e. The topological polar surface area (TPSA) is 233 Å². The molecule has 1 saturated heterocycles. The zero-order chi connectivity index (χ0) is 44.0. The summed E-state index contributed by atoms with van der Waals surface area (Å²) < 4.78 is 5.07. The Hall–Kier alpha value is -6.29. The van der Waals surface area contributed by atoms with Crippen LogP contribution in [0.15, 0.2) is 84.9 Å². The van der Waals surface area contributed by atoms with Gasteiger partial charge in [-0.05, 0) is 110 Å². The maximum atomic E-state index is 14.5. The number of nitrogens with zero attached hydrogens (tertiary/aromatic N) is 1. The molecule has 2 aliphatic rings. The van der Waals surface area contributed by atoms with Crippen molar-refractivity contribution in [3.05, 3.63) is 107 Å². The molecule has 0 saturated carbocycles. The molecule has 0 aliphatic carbocycles. The number of phenols is 2. The van der Waals surface area contributed by atoms with Gasteiger partial charge in [-0.2, -0.15) is 0 Å². The lowest BCUT2D eigenvalue weighted by Gasteiger charge is -2.32. The molecule has 4 bridgehead atoms. The van der Waals surface area contributed by atoms with E-state index in [-0.39, 0.29) is 53.4 Å². The van der Waals surface area contributed by atoms with Crippen molar-refractivity contribution in [2.24, 2.45) is 5.73 Å². The van der Waals surface area contributed by atoms with E-state index in [1.807, 2.05) is 12.1 Å². The standard InChI is InChI=1S/C45H49ClN6O9/c1-24(40(55)38-23-61-38)48-43(58)35-21-26-7-17-36(53)32(20-26)33-22-30(14-18-37(33)54)39(44(59)49-25(2)41(56)51-35)52(3)45(60)34(6-4-5-19-47)50-42(57)29-10-8-27(9-11-29)28-12-15-31(46)16-13-28/h7-18,20,22,24-25,34-35,38-39,53-54H,4-6,19,21,23,47H2,1-3H3,(H,48,58)(H,49,59)(H,50,57)(H,51,56)/t24-,25-,34-,35-,38?,39-/m0/s1. The second kappa shape index (κ2) is 19.4. The molecule has 61 heavy (non-hydrogen) atoms. The van der Waals surface area contributed by atoms with E-state index in [2.05, 4.69) is 21.3 Å². The minimum absolute atomic E-state index is 0.0869. The lowest BCUT2D eigenvalue weighted by Crippen LogP contribution is -2.57. The number of fused-ring (bicyclic) bond motifs is 5. The average Bonchev–Trinajstić information content (AvgIpc) is 4.10. The normalized spacial score (nSPS) is 19.6. The van der Waals surface area contributed by atoms with Gasteiger partial charge in [0.25, 0.3) is 5.91 Å². The number of hydrogen-bond donors (Lipinski definition) is 7. The lowest BCUT2D eigenvalue weighted by molar-refractivity contribution is -0.141. The predicted molar refractivity (Wildman–Crippen MR) is 227 cm³/mol. The molecule has 1 unspecified atom stereocenters. The van der Waals surface area contributed by atoms with Crippen molar-refractivity contribution < 1.29 is 43.7 Å². The van der Waals surface area contributed by atoms with Crippen LogP contribution in [0.4, 0.5) is 0 Å². The number of halogens is 1. The van der Waals surface area contributed by atoms with Crippen LogP contribution >= 0.6 is 11.6 Å². The number of carbonyl (C=O) groups excluding carboxylic acids is 6. The third kappa shape index (κ3) is 10.7. The van der Waals surface area contributed by atoms with Crippen LogP contribution in [0.25, 0.3) is 22.3 Å². The number of hydrogen-bond acceptors (Lipinski definition) is 10. The van der Waals surface area contributed by atoms with Gasteiger partial charge in [-0.25, -0.2) is 0 Å². The molecule has 0 aromatic heterocycles. The van der Waals surface area contributed by atoms with Crippen LogP contribution in [0, 0.1) is 0 Å². The second-order valence-corrected chi connectivity index (χ2v) is 15.8. The SMILES string of the molecule is C[C@@H]1NC(=O)[C@@H](N(C)C(=O)[C@H](CCCCN)NC(=O)c2ccc(-c3ccc(Cl)cc3)cc2)c2ccc(O)c(c2)-c2cc(ccc2O)C[C@@H](C(=O)N[C@@H](C)C(=O)C2CO2)NC1=O. The number of Topliss-reactive ketones (excluding diaryl/α,β-unsaturated/α-hetero) is 1. The molecule has 6 rings (SSSR count). The molecule has 16 heteroatoms. The number of likely N-dealkylation sites (N-methyl/N-ethyl adjacent to an activating group) is 1. The summed E-state index contributed by atoms with van der Waals surface area (Å²) in [4.78, 5) is 83.7. The molecule has 6 atom stereocenters. The molecular formula is C45H49ClN6O9. The summed E-state index contributed by atoms with van der Waals surface area (Å²) in [5, 5.41) is 33.6. The molecule has 4 aromatic rings. The fourth-order valence-electron chi connectivity index (χ4n) is 7.21. The van der Waals surface area contributed by atoms with E-state index in [0.717, 1.165) is 16.0 Å². The lowest BCUT2D eigenvalue weighted by atomic mass is 9.93. The van der Waals surface area contributed by atoms with Crippen LogP contribution in [-0.4, -0.2) is 101 Å².